The Bertz CT molecular complexity index is 809. The second-order valence-electron chi connectivity index (χ2n) is 5.25. The quantitative estimate of drug-likeness (QED) is 0.708. The van der Waals surface area contributed by atoms with Gasteiger partial charge in [0, 0.05) is 31.7 Å². The molecule has 0 fully saturated rings. The minimum atomic E-state index is -0.397. The predicted molar refractivity (Wildman–Crippen MR) is 83.7 cm³/mol. The van der Waals surface area contributed by atoms with E-state index in [0.717, 1.165) is 13.0 Å². The number of nitrogens with one attached hydrogen (secondary N) is 1. The van der Waals surface area contributed by atoms with Gasteiger partial charge < -0.3 is 9.88 Å². The molecular formula is C16H18FN5O. The first-order valence-corrected chi connectivity index (χ1v) is 7.59. The standard InChI is InChI=1S/C16H18FN5O/c1-2-13-15(22-10-12(17)4-5-14(22)20-13)16(23)19-6-3-8-21-9-7-18-11-21/h4-5,7,9-11H,2-3,6,8H2,1H3,(H,19,23). The Balaban J connectivity index is 1.71. The number of hydrogen-bond donors (Lipinski definition) is 1. The average molecular weight is 315 g/mol. The van der Waals surface area contributed by atoms with Gasteiger partial charge >= 0.3 is 0 Å². The van der Waals surface area contributed by atoms with Crippen LogP contribution in [0.25, 0.3) is 5.65 Å². The summed E-state index contributed by atoms with van der Waals surface area (Å²) in [6.45, 7) is 3.24. The molecule has 0 aliphatic heterocycles. The fourth-order valence-electron chi connectivity index (χ4n) is 2.52. The summed E-state index contributed by atoms with van der Waals surface area (Å²) in [6.07, 6.45) is 8.03. The van der Waals surface area contributed by atoms with E-state index in [4.69, 9.17) is 0 Å². The number of amides is 1. The largest absolute Gasteiger partial charge is 0.351 e. The first-order chi connectivity index (χ1) is 11.2. The smallest absolute Gasteiger partial charge is 0.270 e. The summed E-state index contributed by atoms with van der Waals surface area (Å²) < 4.78 is 16.9. The maximum absolute atomic E-state index is 13.5. The molecule has 0 aliphatic rings. The lowest BCUT2D eigenvalue weighted by Gasteiger charge is -2.07. The Kier molecular flexibility index (Phi) is 4.36. The molecule has 3 rings (SSSR count). The first-order valence-electron chi connectivity index (χ1n) is 7.59. The van der Waals surface area contributed by atoms with Crippen LogP contribution in [0.4, 0.5) is 4.39 Å². The van der Waals surface area contributed by atoms with E-state index in [2.05, 4.69) is 15.3 Å². The van der Waals surface area contributed by atoms with Crippen LogP contribution in [-0.2, 0) is 13.0 Å². The number of imidazole rings is 2. The number of carbonyl (C=O) groups excluding carboxylic acids is 1. The third-order valence-electron chi connectivity index (χ3n) is 3.64. The van der Waals surface area contributed by atoms with E-state index in [9.17, 15) is 9.18 Å². The fourth-order valence-corrected chi connectivity index (χ4v) is 2.52. The number of pyridine rings is 1. The molecule has 0 spiro atoms. The van der Waals surface area contributed by atoms with Crippen molar-refractivity contribution in [1.82, 2.24) is 24.3 Å². The summed E-state index contributed by atoms with van der Waals surface area (Å²) >= 11 is 0. The van der Waals surface area contributed by atoms with E-state index in [0.29, 0.717) is 30.0 Å². The van der Waals surface area contributed by atoms with Crippen LogP contribution in [0.1, 0.15) is 29.5 Å². The van der Waals surface area contributed by atoms with Gasteiger partial charge in [-0.1, -0.05) is 6.92 Å². The Hall–Kier alpha value is -2.70. The van der Waals surface area contributed by atoms with Crippen molar-refractivity contribution in [3.8, 4) is 0 Å². The molecule has 0 atom stereocenters. The molecule has 3 heterocycles. The van der Waals surface area contributed by atoms with E-state index >= 15 is 0 Å². The van der Waals surface area contributed by atoms with E-state index in [1.807, 2.05) is 17.7 Å². The van der Waals surface area contributed by atoms with Gasteiger partial charge in [-0.25, -0.2) is 14.4 Å². The number of fused-ring (bicyclic) bond motifs is 1. The minimum Gasteiger partial charge on any atom is -0.351 e. The van der Waals surface area contributed by atoms with Crippen molar-refractivity contribution in [2.45, 2.75) is 26.3 Å². The number of aryl methyl sites for hydroxylation is 2. The average Bonchev–Trinajstić information content (AvgIpc) is 3.18. The molecular weight excluding hydrogens is 297 g/mol. The Labute approximate surface area is 133 Å². The highest BCUT2D eigenvalue weighted by Crippen LogP contribution is 2.14. The van der Waals surface area contributed by atoms with Crippen LogP contribution in [0, 0.1) is 5.82 Å². The normalized spacial score (nSPS) is 11.0. The molecule has 0 aliphatic carbocycles. The molecule has 6 nitrogen and oxygen atoms in total. The Morgan fingerprint density at radius 1 is 1.39 bits per heavy atom. The van der Waals surface area contributed by atoms with Crippen LogP contribution in [0.5, 0.6) is 0 Å². The second-order valence-corrected chi connectivity index (χ2v) is 5.25. The van der Waals surface area contributed by atoms with Crippen molar-refractivity contribution < 1.29 is 9.18 Å². The zero-order valence-electron chi connectivity index (χ0n) is 12.9. The first kappa shape index (κ1) is 15.2. The van der Waals surface area contributed by atoms with Gasteiger partial charge in [-0.2, -0.15) is 0 Å². The second kappa shape index (κ2) is 6.60. The molecule has 3 aromatic heterocycles. The van der Waals surface area contributed by atoms with Gasteiger partial charge in [0.2, 0.25) is 0 Å². The van der Waals surface area contributed by atoms with Crippen LogP contribution < -0.4 is 5.32 Å². The maximum atomic E-state index is 13.5. The molecule has 3 aromatic rings. The van der Waals surface area contributed by atoms with Crippen molar-refractivity contribution in [3.63, 3.8) is 0 Å². The molecule has 7 heteroatoms. The molecule has 1 amide bonds. The van der Waals surface area contributed by atoms with Gasteiger partial charge in [0.1, 0.15) is 17.2 Å². The summed E-state index contributed by atoms with van der Waals surface area (Å²) in [7, 11) is 0. The molecule has 0 bridgehead atoms. The molecule has 23 heavy (non-hydrogen) atoms. The minimum absolute atomic E-state index is 0.231. The van der Waals surface area contributed by atoms with Gasteiger partial charge in [0.25, 0.3) is 5.91 Å². The van der Waals surface area contributed by atoms with Crippen LogP contribution >= 0.6 is 0 Å². The van der Waals surface area contributed by atoms with Gasteiger partial charge in [-0.3, -0.25) is 9.20 Å². The number of aromatic nitrogens is 4. The SMILES string of the molecule is CCc1nc2ccc(F)cn2c1C(=O)NCCCn1ccnc1. The summed E-state index contributed by atoms with van der Waals surface area (Å²) in [5.74, 6) is -0.628. The van der Waals surface area contributed by atoms with Gasteiger partial charge in [0.05, 0.1) is 12.0 Å². The lowest BCUT2D eigenvalue weighted by atomic mass is 10.2. The highest BCUT2D eigenvalue weighted by molar-refractivity contribution is 5.94. The van der Waals surface area contributed by atoms with Crippen molar-refractivity contribution in [2.24, 2.45) is 0 Å². The van der Waals surface area contributed by atoms with Crippen LogP contribution in [-0.4, -0.2) is 31.4 Å². The summed E-state index contributed by atoms with van der Waals surface area (Å²) in [5.41, 5.74) is 1.65. The van der Waals surface area contributed by atoms with E-state index in [1.54, 1.807) is 18.6 Å². The highest BCUT2D eigenvalue weighted by atomic mass is 19.1. The number of halogens is 1. The van der Waals surface area contributed by atoms with Gasteiger partial charge in [-0.15, -0.1) is 0 Å². The number of rotatable bonds is 6. The molecule has 0 unspecified atom stereocenters. The topological polar surface area (TPSA) is 64.2 Å². The summed E-state index contributed by atoms with van der Waals surface area (Å²) in [6, 6.07) is 2.92. The van der Waals surface area contributed by atoms with Crippen molar-refractivity contribution in [2.75, 3.05) is 6.54 Å². The summed E-state index contributed by atoms with van der Waals surface area (Å²) in [5, 5.41) is 2.88. The maximum Gasteiger partial charge on any atom is 0.270 e. The number of hydrogen-bond acceptors (Lipinski definition) is 3. The molecule has 0 aromatic carbocycles. The third-order valence-corrected chi connectivity index (χ3v) is 3.64. The Morgan fingerprint density at radius 2 is 2.26 bits per heavy atom. The number of nitrogens with zero attached hydrogens (tertiary/aromatic N) is 4. The van der Waals surface area contributed by atoms with Crippen LogP contribution in [0.3, 0.4) is 0 Å². The monoisotopic (exact) mass is 315 g/mol. The highest BCUT2D eigenvalue weighted by Gasteiger charge is 2.18. The summed E-state index contributed by atoms with van der Waals surface area (Å²) in [4.78, 5) is 20.8. The molecule has 0 radical (unpaired) electrons. The third kappa shape index (κ3) is 3.23. The lowest BCUT2D eigenvalue weighted by Crippen LogP contribution is -2.27. The van der Waals surface area contributed by atoms with Crippen molar-refractivity contribution in [3.05, 3.63) is 54.3 Å². The van der Waals surface area contributed by atoms with E-state index in [1.165, 1.54) is 16.7 Å². The molecule has 0 saturated carbocycles. The molecule has 1 N–H and O–H groups in total. The van der Waals surface area contributed by atoms with E-state index < -0.39 is 5.82 Å². The van der Waals surface area contributed by atoms with Crippen molar-refractivity contribution >= 4 is 11.6 Å². The van der Waals surface area contributed by atoms with Crippen molar-refractivity contribution in [1.29, 1.82) is 0 Å². The fraction of sp³-hybridized carbons (Fsp3) is 0.312. The lowest BCUT2D eigenvalue weighted by molar-refractivity contribution is 0.0946. The van der Waals surface area contributed by atoms with Gasteiger partial charge in [0.15, 0.2) is 0 Å². The van der Waals surface area contributed by atoms with Crippen LogP contribution in [0.15, 0.2) is 37.1 Å². The Morgan fingerprint density at radius 3 is 3.00 bits per heavy atom. The van der Waals surface area contributed by atoms with Crippen LogP contribution in [0.2, 0.25) is 0 Å². The molecule has 0 saturated heterocycles. The zero-order valence-corrected chi connectivity index (χ0v) is 12.9. The van der Waals surface area contributed by atoms with E-state index in [-0.39, 0.29) is 5.91 Å². The predicted octanol–water partition coefficient (Wildman–Crippen LogP) is 2.05. The van der Waals surface area contributed by atoms with Gasteiger partial charge in [-0.05, 0) is 25.0 Å². The zero-order chi connectivity index (χ0) is 16.2. The molecule has 120 valence electrons. The number of carbonyl (C=O) groups is 1.